The highest BCUT2D eigenvalue weighted by Gasteiger charge is 2.41. The number of nitrogens with zero attached hydrogens (tertiary/aromatic N) is 4. The van der Waals surface area contributed by atoms with E-state index in [1.165, 1.54) is 18.2 Å². The molecule has 4 rings (SSSR count). The molecule has 0 saturated heterocycles. The molecule has 12 heteroatoms. The summed E-state index contributed by atoms with van der Waals surface area (Å²) in [5.74, 6) is 3.65. The van der Waals surface area contributed by atoms with Gasteiger partial charge in [0.25, 0.3) is 0 Å². The predicted molar refractivity (Wildman–Crippen MR) is 119 cm³/mol. The zero-order chi connectivity index (χ0) is 24.6. The molecule has 0 amide bonds. The third-order valence-electron chi connectivity index (χ3n) is 5.13. The van der Waals surface area contributed by atoms with Crippen LogP contribution in [0.5, 0.6) is 0 Å². The smallest absolute Gasteiger partial charge is 0.382 e. The van der Waals surface area contributed by atoms with Crippen molar-refractivity contribution in [3.8, 4) is 28.3 Å². The Morgan fingerprint density at radius 1 is 1.21 bits per heavy atom. The van der Waals surface area contributed by atoms with Gasteiger partial charge >= 0.3 is 6.18 Å². The maximum Gasteiger partial charge on any atom is 0.434 e. The Balaban J connectivity index is 2.01. The van der Waals surface area contributed by atoms with Crippen LogP contribution in [0.25, 0.3) is 28.3 Å². The van der Waals surface area contributed by atoms with E-state index in [9.17, 15) is 17.6 Å². The van der Waals surface area contributed by atoms with Crippen molar-refractivity contribution in [3.05, 3.63) is 76.3 Å². The van der Waals surface area contributed by atoms with Crippen molar-refractivity contribution < 1.29 is 22.1 Å². The largest absolute Gasteiger partial charge is 0.434 e. The third kappa shape index (κ3) is 3.98. The third-order valence-corrected chi connectivity index (χ3v) is 5.45. The quantitative estimate of drug-likeness (QED) is 0.132. The molecule has 0 atom stereocenters. The Bertz CT molecular complexity index is 1370. The first kappa shape index (κ1) is 23.3. The molecule has 0 bridgehead atoms. The van der Waals surface area contributed by atoms with E-state index in [0.717, 1.165) is 22.5 Å². The van der Waals surface area contributed by atoms with Crippen LogP contribution >= 0.6 is 11.6 Å². The topological polar surface area (TPSA) is 108 Å². The van der Waals surface area contributed by atoms with Gasteiger partial charge in [-0.1, -0.05) is 41.9 Å². The number of aromatic nitrogens is 3. The van der Waals surface area contributed by atoms with Gasteiger partial charge in [-0.25, -0.2) is 9.07 Å². The second-order valence-corrected chi connectivity index (χ2v) is 7.59. The average Bonchev–Trinajstić information content (AvgIpc) is 3.43. The highest BCUT2D eigenvalue weighted by molar-refractivity contribution is 6.33. The highest BCUT2D eigenvalue weighted by Crippen LogP contribution is 2.42. The van der Waals surface area contributed by atoms with Crippen LogP contribution in [0, 0.1) is 5.82 Å². The van der Waals surface area contributed by atoms with Crippen molar-refractivity contribution in [3.63, 3.8) is 0 Å². The number of hydrazone groups is 1. The maximum atomic E-state index is 14.6. The fourth-order valence-electron chi connectivity index (χ4n) is 3.56. The lowest BCUT2D eigenvalue weighted by molar-refractivity contribution is -0.142. The molecule has 0 aliphatic rings. The van der Waals surface area contributed by atoms with Crippen molar-refractivity contribution in [1.29, 1.82) is 0 Å². The minimum atomic E-state index is -4.86. The first-order valence-electron chi connectivity index (χ1n) is 9.90. The van der Waals surface area contributed by atoms with Crippen LogP contribution in [0.1, 0.15) is 23.7 Å². The summed E-state index contributed by atoms with van der Waals surface area (Å²) < 4.78 is 63.4. The second kappa shape index (κ2) is 8.82. The van der Waals surface area contributed by atoms with Gasteiger partial charge in [0, 0.05) is 0 Å². The Labute approximate surface area is 195 Å². The summed E-state index contributed by atoms with van der Waals surface area (Å²) in [5.41, 5.74) is 4.54. The molecule has 0 radical (unpaired) electrons. The monoisotopic (exact) mass is 492 g/mol. The fraction of sp³-hybridized carbons (Fsp3) is 0.136. The molecule has 0 fully saturated rings. The van der Waals surface area contributed by atoms with Crippen LogP contribution in [0.4, 0.5) is 17.6 Å². The van der Waals surface area contributed by atoms with Crippen LogP contribution < -0.4 is 11.6 Å². The molecule has 0 unspecified atom stereocenters. The summed E-state index contributed by atoms with van der Waals surface area (Å²) in [6.07, 6.45) is -3.28. The molecule has 2 aromatic heterocycles. The number of rotatable bonds is 5. The van der Waals surface area contributed by atoms with E-state index in [4.69, 9.17) is 27.7 Å². The second-order valence-electron chi connectivity index (χ2n) is 7.19. The molecule has 2 aromatic carbocycles. The van der Waals surface area contributed by atoms with Crippen LogP contribution in [0.2, 0.25) is 5.02 Å². The van der Waals surface area contributed by atoms with Crippen LogP contribution in [0.3, 0.4) is 0 Å². The Hall–Kier alpha value is -3.86. The number of alkyl halides is 3. The SMILES string of the molecule is CCc1cccc(-n2ncc(-c3onc(-c4c(F)cccc4Cl)c3/C(N)=N/N)c2C(F)(F)F)c1. The van der Waals surface area contributed by atoms with E-state index in [1.54, 1.807) is 18.2 Å². The molecule has 176 valence electrons. The van der Waals surface area contributed by atoms with Crippen LogP contribution in [0.15, 0.2) is 58.3 Å². The Morgan fingerprint density at radius 3 is 2.59 bits per heavy atom. The number of halogens is 5. The van der Waals surface area contributed by atoms with Crippen LogP contribution in [-0.4, -0.2) is 20.8 Å². The van der Waals surface area contributed by atoms with E-state index in [-0.39, 0.29) is 27.5 Å². The van der Waals surface area contributed by atoms with Crippen LogP contribution in [-0.2, 0) is 12.6 Å². The summed E-state index contributed by atoms with van der Waals surface area (Å²) in [4.78, 5) is 0. The fourth-order valence-corrected chi connectivity index (χ4v) is 3.81. The van der Waals surface area contributed by atoms with Gasteiger partial charge in [-0.2, -0.15) is 23.4 Å². The maximum absolute atomic E-state index is 14.6. The number of amidine groups is 1. The van der Waals surface area contributed by atoms with Gasteiger partial charge in [0.05, 0.1) is 33.6 Å². The molecule has 4 N–H and O–H groups in total. The van der Waals surface area contributed by atoms with E-state index in [0.29, 0.717) is 6.42 Å². The van der Waals surface area contributed by atoms with Gasteiger partial charge in [0.2, 0.25) is 0 Å². The van der Waals surface area contributed by atoms with E-state index in [1.807, 2.05) is 6.92 Å². The molecule has 34 heavy (non-hydrogen) atoms. The summed E-state index contributed by atoms with van der Waals surface area (Å²) in [6, 6.07) is 10.4. The molecule has 2 heterocycles. The average molecular weight is 493 g/mol. The van der Waals surface area contributed by atoms with E-state index in [2.05, 4.69) is 15.4 Å². The predicted octanol–water partition coefficient (Wildman–Crippen LogP) is 5.15. The highest BCUT2D eigenvalue weighted by atomic mass is 35.5. The summed E-state index contributed by atoms with van der Waals surface area (Å²) in [6.45, 7) is 1.88. The van der Waals surface area contributed by atoms with Crippen molar-refractivity contribution in [2.75, 3.05) is 0 Å². The van der Waals surface area contributed by atoms with E-state index < -0.39 is 34.8 Å². The van der Waals surface area contributed by atoms with Crippen molar-refractivity contribution in [1.82, 2.24) is 14.9 Å². The number of hydrogen-bond donors (Lipinski definition) is 2. The Kier molecular flexibility index (Phi) is 6.05. The van der Waals surface area contributed by atoms with Crippen molar-refractivity contribution in [2.24, 2.45) is 16.7 Å². The molecule has 0 aliphatic carbocycles. The Morgan fingerprint density at radius 2 is 1.94 bits per heavy atom. The van der Waals surface area contributed by atoms with Gasteiger partial charge in [0.1, 0.15) is 11.5 Å². The molecule has 0 aliphatic heterocycles. The van der Waals surface area contributed by atoms with Crippen molar-refractivity contribution >= 4 is 17.4 Å². The minimum absolute atomic E-state index is 0.0611. The lowest BCUT2D eigenvalue weighted by Gasteiger charge is -2.13. The molecule has 7 nitrogen and oxygen atoms in total. The standard InChI is InChI=1S/C22H17ClF4N6O/c1-2-11-5-3-6-12(9-11)33-20(22(25,26)27)13(10-30-33)19-17(21(28)31-29)18(32-34-19)16-14(23)7-4-8-15(16)24/h3-10H,2,29H2,1H3,(H2,28,31). The molecule has 0 saturated carbocycles. The zero-order valence-electron chi connectivity index (χ0n) is 17.6. The minimum Gasteiger partial charge on any atom is -0.382 e. The molecular formula is C22H17ClF4N6O. The first-order chi connectivity index (χ1) is 16.2. The molecule has 0 spiro atoms. The molecule has 4 aromatic rings. The number of nitrogens with two attached hydrogens (primary N) is 2. The number of hydrogen-bond acceptors (Lipinski definition) is 5. The van der Waals surface area contributed by atoms with Gasteiger partial charge in [-0.3, -0.25) is 0 Å². The normalized spacial score (nSPS) is 12.4. The molecular weight excluding hydrogens is 476 g/mol. The summed E-state index contributed by atoms with van der Waals surface area (Å²) in [7, 11) is 0. The summed E-state index contributed by atoms with van der Waals surface area (Å²) in [5, 5.41) is 11.0. The van der Waals surface area contributed by atoms with Gasteiger partial charge < -0.3 is 16.1 Å². The lowest BCUT2D eigenvalue weighted by Crippen LogP contribution is -2.18. The number of aryl methyl sites for hydroxylation is 1. The van der Waals surface area contributed by atoms with Gasteiger partial charge in [-0.15, -0.1) is 0 Å². The lowest BCUT2D eigenvalue weighted by atomic mass is 10.0. The number of benzene rings is 2. The van der Waals surface area contributed by atoms with Gasteiger partial charge in [0.15, 0.2) is 17.3 Å². The summed E-state index contributed by atoms with van der Waals surface area (Å²) >= 11 is 6.13. The van der Waals surface area contributed by atoms with E-state index >= 15 is 0 Å². The first-order valence-corrected chi connectivity index (χ1v) is 10.3. The van der Waals surface area contributed by atoms with Gasteiger partial charge in [-0.05, 0) is 36.2 Å². The van der Waals surface area contributed by atoms with Crippen molar-refractivity contribution in [2.45, 2.75) is 19.5 Å². The zero-order valence-corrected chi connectivity index (χ0v) is 18.3.